The molecule has 0 saturated heterocycles. The Kier molecular flexibility index (Phi) is 5.00. The van der Waals surface area contributed by atoms with Crippen LogP contribution in [0.5, 0.6) is 0 Å². The molecular weight excluding hydrogens is 189 g/mol. The van der Waals surface area contributed by atoms with E-state index >= 15 is 0 Å². The van der Waals surface area contributed by atoms with Crippen LogP contribution in [0, 0.1) is 17.9 Å². The third kappa shape index (κ3) is 2.93. The first-order chi connectivity index (χ1) is 3.83. The van der Waals surface area contributed by atoms with Crippen molar-refractivity contribution < 1.29 is 37.8 Å². The molecule has 0 heterocycles. The van der Waals surface area contributed by atoms with Gasteiger partial charge in [-0.1, -0.05) is 19.3 Å². The number of aliphatic hydroxyl groups excluding tert-OH is 1. The van der Waals surface area contributed by atoms with Crippen molar-refractivity contribution in [3.63, 3.8) is 0 Å². The van der Waals surface area contributed by atoms with Gasteiger partial charge in [0.1, 0.15) is 0 Å². The monoisotopic (exact) mass is 200 g/mol. The van der Waals surface area contributed by atoms with Gasteiger partial charge in [0, 0.05) is 39.3 Å². The fraction of sp³-hybridized carbons (Fsp3) is 0.714. The number of allylic oxidation sites excluding steroid dienone is 1. The molecule has 0 fully saturated rings. The molecule has 1 aliphatic rings. The molecule has 1 N–H and O–H groups in total. The van der Waals surface area contributed by atoms with E-state index in [4.69, 9.17) is 5.11 Å². The molecular formula is C7H11OY-. The fourth-order valence-corrected chi connectivity index (χ4v) is 1.01. The van der Waals surface area contributed by atoms with E-state index in [2.05, 4.69) is 13.0 Å². The van der Waals surface area contributed by atoms with Crippen LogP contribution in [0.2, 0.25) is 0 Å². The second-order valence-electron chi connectivity index (χ2n) is 2.43. The van der Waals surface area contributed by atoms with Crippen molar-refractivity contribution >= 4 is 0 Å². The minimum Gasteiger partial charge on any atom is -0.495 e. The summed E-state index contributed by atoms with van der Waals surface area (Å²) in [6.45, 7) is 2.41. The van der Waals surface area contributed by atoms with Crippen LogP contribution in [-0.4, -0.2) is 11.7 Å². The zero-order valence-electron chi connectivity index (χ0n) is 5.67. The largest absolute Gasteiger partial charge is 0.495 e. The van der Waals surface area contributed by atoms with Gasteiger partial charge >= 0.3 is 0 Å². The summed E-state index contributed by atoms with van der Waals surface area (Å²) in [7, 11) is 0. The topological polar surface area (TPSA) is 20.2 Å². The van der Waals surface area contributed by atoms with Crippen LogP contribution in [0.1, 0.15) is 13.3 Å². The first-order valence-electron chi connectivity index (χ1n) is 3.03. The van der Waals surface area contributed by atoms with Gasteiger partial charge in [0.15, 0.2) is 0 Å². The van der Waals surface area contributed by atoms with E-state index in [1.54, 1.807) is 0 Å². The van der Waals surface area contributed by atoms with Crippen molar-refractivity contribution in [1.29, 1.82) is 0 Å². The molecule has 0 saturated carbocycles. The SMILES string of the molecule is CC1C=[C-][C@@H](CO)C1.[Y]. The van der Waals surface area contributed by atoms with Gasteiger partial charge < -0.3 is 11.2 Å². The van der Waals surface area contributed by atoms with E-state index in [0.29, 0.717) is 11.8 Å². The predicted molar refractivity (Wildman–Crippen MR) is 32.2 cm³/mol. The molecule has 1 radical (unpaired) electrons. The second kappa shape index (κ2) is 4.59. The van der Waals surface area contributed by atoms with Crippen LogP contribution in [0.4, 0.5) is 0 Å². The Hall–Kier alpha value is 0.804. The van der Waals surface area contributed by atoms with Gasteiger partial charge in [-0.25, -0.2) is 0 Å². The Labute approximate surface area is 81.4 Å². The van der Waals surface area contributed by atoms with Crippen molar-refractivity contribution in [3.05, 3.63) is 12.2 Å². The van der Waals surface area contributed by atoms with Gasteiger partial charge in [0.25, 0.3) is 0 Å². The summed E-state index contributed by atoms with van der Waals surface area (Å²) in [6, 6.07) is 0. The maximum absolute atomic E-state index is 8.60. The minimum absolute atomic E-state index is 0. The third-order valence-electron chi connectivity index (χ3n) is 1.49. The van der Waals surface area contributed by atoms with Crippen molar-refractivity contribution in [3.8, 4) is 0 Å². The summed E-state index contributed by atoms with van der Waals surface area (Å²) < 4.78 is 0. The molecule has 0 aromatic rings. The maximum atomic E-state index is 8.60. The van der Waals surface area contributed by atoms with Gasteiger partial charge in [-0.3, -0.25) is 6.08 Å². The molecule has 2 heteroatoms. The molecule has 1 unspecified atom stereocenters. The van der Waals surface area contributed by atoms with E-state index < -0.39 is 0 Å². The summed E-state index contributed by atoms with van der Waals surface area (Å²) in [4.78, 5) is 0. The van der Waals surface area contributed by atoms with Gasteiger partial charge in [-0.15, -0.1) is 0 Å². The summed E-state index contributed by atoms with van der Waals surface area (Å²) >= 11 is 0. The van der Waals surface area contributed by atoms with Gasteiger partial charge in [0.05, 0.1) is 0 Å². The predicted octanol–water partition coefficient (Wildman–Crippen LogP) is 0.992. The van der Waals surface area contributed by atoms with Gasteiger partial charge in [0.2, 0.25) is 0 Å². The Morgan fingerprint density at radius 1 is 1.78 bits per heavy atom. The smallest absolute Gasteiger partial charge is 0.0194 e. The Bertz CT molecular complexity index is 101. The number of rotatable bonds is 1. The van der Waals surface area contributed by atoms with Crippen molar-refractivity contribution in [1.82, 2.24) is 0 Å². The molecule has 9 heavy (non-hydrogen) atoms. The first-order valence-corrected chi connectivity index (χ1v) is 3.03. The van der Waals surface area contributed by atoms with Crippen molar-refractivity contribution in [2.75, 3.05) is 6.61 Å². The summed E-state index contributed by atoms with van der Waals surface area (Å²) in [5.74, 6) is 0.956. The molecule has 0 spiro atoms. The first kappa shape index (κ1) is 9.80. The van der Waals surface area contributed by atoms with Crippen LogP contribution in [0.15, 0.2) is 6.08 Å². The van der Waals surface area contributed by atoms with Crippen LogP contribution in [0.25, 0.3) is 0 Å². The average molecular weight is 200 g/mol. The summed E-state index contributed by atoms with van der Waals surface area (Å²) in [6.07, 6.45) is 6.20. The molecule has 0 amide bonds. The normalized spacial score (nSPS) is 32.2. The maximum Gasteiger partial charge on any atom is 0.0194 e. The van der Waals surface area contributed by atoms with Crippen LogP contribution in [0.3, 0.4) is 0 Å². The van der Waals surface area contributed by atoms with Gasteiger partial charge in [-0.2, -0.15) is 5.92 Å². The van der Waals surface area contributed by atoms with E-state index in [0.717, 1.165) is 6.42 Å². The number of aliphatic hydroxyl groups is 1. The van der Waals surface area contributed by atoms with Crippen LogP contribution in [-0.2, 0) is 32.7 Å². The zero-order chi connectivity index (χ0) is 5.98. The quantitative estimate of drug-likeness (QED) is 0.626. The number of hydrogen-bond donors (Lipinski definition) is 1. The van der Waals surface area contributed by atoms with E-state index in [1.807, 2.05) is 6.08 Å². The molecule has 49 valence electrons. The van der Waals surface area contributed by atoms with E-state index in [1.165, 1.54) is 0 Å². The van der Waals surface area contributed by atoms with Crippen LogP contribution < -0.4 is 0 Å². The number of hydrogen-bond acceptors (Lipinski definition) is 1. The Morgan fingerprint density at radius 3 is 2.67 bits per heavy atom. The second-order valence-corrected chi connectivity index (χ2v) is 2.43. The van der Waals surface area contributed by atoms with Crippen LogP contribution >= 0.6 is 0 Å². The minimum atomic E-state index is 0. The molecule has 0 bridgehead atoms. The zero-order valence-corrected chi connectivity index (χ0v) is 8.51. The summed E-state index contributed by atoms with van der Waals surface area (Å²) in [5, 5.41) is 8.60. The van der Waals surface area contributed by atoms with Crippen molar-refractivity contribution in [2.45, 2.75) is 13.3 Å². The van der Waals surface area contributed by atoms with Gasteiger partial charge in [-0.05, 0) is 0 Å². The van der Waals surface area contributed by atoms with E-state index in [-0.39, 0.29) is 39.3 Å². The van der Waals surface area contributed by atoms with E-state index in [9.17, 15) is 0 Å². The standard InChI is InChI=1S/C7H11O.Y/c1-6-2-3-7(4-6)5-8;/h2,6-8H,4-5H2,1H3;/q-1;/t6?,7-;/m1./s1. The Morgan fingerprint density at radius 2 is 2.44 bits per heavy atom. The third-order valence-corrected chi connectivity index (χ3v) is 1.49. The molecule has 0 aromatic carbocycles. The molecule has 1 rings (SSSR count). The van der Waals surface area contributed by atoms with Crippen molar-refractivity contribution in [2.24, 2.45) is 11.8 Å². The fourth-order valence-electron chi connectivity index (χ4n) is 1.01. The Balaban J connectivity index is 0.000000640. The molecule has 1 aliphatic carbocycles. The molecule has 0 aromatic heterocycles. The molecule has 1 nitrogen and oxygen atoms in total. The molecule has 0 aliphatic heterocycles. The summed E-state index contributed by atoms with van der Waals surface area (Å²) in [5.41, 5.74) is 0. The average Bonchev–Trinajstić information content (AvgIpc) is 2.14. The molecule has 2 atom stereocenters.